The van der Waals surface area contributed by atoms with Crippen molar-refractivity contribution in [3.05, 3.63) is 70.1 Å². The molecule has 0 saturated heterocycles. The maximum Gasteiger partial charge on any atom is 0.359 e. The van der Waals surface area contributed by atoms with Crippen molar-refractivity contribution in [1.29, 1.82) is 0 Å². The molecule has 1 aliphatic rings. The molecule has 0 saturated carbocycles. The average molecular weight is 391 g/mol. The molecule has 7 nitrogen and oxygen atoms in total. The molecule has 0 atom stereocenters. The number of hydrogen-bond acceptors (Lipinski definition) is 5. The first-order valence-corrected chi connectivity index (χ1v) is 9.65. The number of esters is 1. The largest absolute Gasteiger partial charge is 0.451 e. The topological polar surface area (TPSA) is 81.5 Å². The van der Waals surface area contributed by atoms with Gasteiger partial charge in [0.25, 0.3) is 11.5 Å². The highest BCUT2D eigenvalue weighted by Crippen LogP contribution is 2.27. The normalized spacial score (nSPS) is 12.8. The lowest BCUT2D eigenvalue weighted by Crippen LogP contribution is -2.33. The van der Waals surface area contributed by atoms with Crippen molar-refractivity contribution in [3.63, 3.8) is 0 Å². The summed E-state index contributed by atoms with van der Waals surface area (Å²) in [5.41, 5.74) is 1.76. The molecule has 0 aliphatic carbocycles. The number of anilines is 1. The summed E-state index contributed by atoms with van der Waals surface area (Å²) in [7, 11) is 0. The second-order valence-corrected chi connectivity index (χ2v) is 6.92. The second kappa shape index (κ2) is 7.87. The van der Waals surface area contributed by atoms with Gasteiger partial charge in [-0.05, 0) is 30.5 Å². The van der Waals surface area contributed by atoms with E-state index >= 15 is 0 Å². The van der Waals surface area contributed by atoms with Crippen LogP contribution in [0.3, 0.4) is 0 Å². The van der Waals surface area contributed by atoms with Crippen LogP contribution in [0, 0.1) is 0 Å². The molecule has 4 rings (SSSR count). The minimum absolute atomic E-state index is 0.0447. The molecule has 0 radical (unpaired) electrons. The van der Waals surface area contributed by atoms with Gasteiger partial charge >= 0.3 is 5.97 Å². The number of para-hydroxylation sites is 1. The third-order valence-electron chi connectivity index (χ3n) is 5.01. The van der Waals surface area contributed by atoms with E-state index in [1.165, 1.54) is 4.68 Å². The van der Waals surface area contributed by atoms with Crippen molar-refractivity contribution in [2.24, 2.45) is 0 Å². The van der Waals surface area contributed by atoms with Gasteiger partial charge in [0.05, 0.1) is 5.39 Å². The number of aromatic nitrogens is 2. The molecule has 148 valence electrons. The minimum Gasteiger partial charge on any atom is -0.451 e. The monoisotopic (exact) mass is 391 g/mol. The number of hydrogen-bond donors (Lipinski definition) is 0. The molecule has 0 N–H and O–H groups in total. The predicted molar refractivity (Wildman–Crippen MR) is 109 cm³/mol. The van der Waals surface area contributed by atoms with E-state index < -0.39 is 5.97 Å². The van der Waals surface area contributed by atoms with Crippen LogP contribution in [-0.4, -0.2) is 34.8 Å². The van der Waals surface area contributed by atoms with Crippen molar-refractivity contribution in [2.45, 2.75) is 26.3 Å². The van der Waals surface area contributed by atoms with Crippen molar-refractivity contribution in [3.8, 4) is 0 Å². The summed E-state index contributed by atoms with van der Waals surface area (Å²) in [6.45, 7) is 2.51. The molecule has 29 heavy (non-hydrogen) atoms. The van der Waals surface area contributed by atoms with Crippen LogP contribution in [0.25, 0.3) is 10.8 Å². The maximum absolute atomic E-state index is 12.7. The van der Waals surface area contributed by atoms with Gasteiger partial charge in [0.2, 0.25) is 0 Å². The van der Waals surface area contributed by atoms with Gasteiger partial charge in [-0.25, -0.2) is 9.48 Å². The fraction of sp³-hybridized carbons (Fsp3) is 0.273. The Bertz CT molecular complexity index is 1150. The third kappa shape index (κ3) is 3.51. The average Bonchev–Trinajstić information content (AvgIpc) is 3.18. The van der Waals surface area contributed by atoms with Crippen molar-refractivity contribution >= 4 is 28.3 Å². The molecule has 1 aromatic heterocycles. The number of nitrogens with zero attached hydrogens (tertiary/aromatic N) is 3. The Hall–Kier alpha value is -3.48. The minimum atomic E-state index is -0.716. The molecular formula is C22H21N3O4. The third-order valence-corrected chi connectivity index (χ3v) is 5.01. The molecule has 0 bridgehead atoms. The molecule has 1 amide bonds. The zero-order valence-electron chi connectivity index (χ0n) is 16.1. The van der Waals surface area contributed by atoms with E-state index in [2.05, 4.69) is 5.10 Å². The maximum atomic E-state index is 12.7. The number of amides is 1. The Morgan fingerprint density at radius 3 is 2.59 bits per heavy atom. The van der Waals surface area contributed by atoms with Gasteiger partial charge in [-0.1, -0.05) is 43.3 Å². The summed E-state index contributed by atoms with van der Waals surface area (Å²) in [6, 6.07) is 14.5. The van der Waals surface area contributed by atoms with Crippen molar-refractivity contribution < 1.29 is 14.3 Å². The van der Waals surface area contributed by atoms with Gasteiger partial charge in [-0.3, -0.25) is 9.59 Å². The Morgan fingerprint density at radius 2 is 1.79 bits per heavy atom. The van der Waals surface area contributed by atoms with Crippen LogP contribution >= 0.6 is 0 Å². The molecule has 0 unspecified atom stereocenters. The lowest BCUT2D eigenvalue weighted by molar-refractivity contribution is -0.121. The summed E-state index contributed by atoms with van der Waals surface area (Å²) in [4.78, 5) is 39.5. The first kappa shape index (κ1) is 18.9. The standard InChI is InChI=1S/C22H21N3O4/c1-2-12-25-21(27)17-9-5-4-8-16(17)20(23-25)22(28)29-14-19(26)24-13-11-15-7-3-6-10-18(15)24/h3-10H,2,11-14H2,1H3. The smallest absolute Gasteiger partial charge is 0.359 e. The van der Waals surface area contributed by atoms with E-state index in [1.807, 2.05) is 31.2 Å². The van der Waals surface area contributed by atoms with E-state index in [0.29, 0.717) is 30.3 Å². The molecule has 7 heteroatoms. The number of carbonyl (C=O) groups is 2. The summed E-state index contributed by atoms with van der Waals surface area (Å²) in [5.74, 6) is -0.999. The van der Waals surface area contributed by atoms with Crippen LogP contribution in [0.5, 0.6) is 0 Å². The fourth-order valence-corrected chi connectivity index (χ4v) is 3.62. The summed E-state index contributed by atoms with van der Waals surface area (Å²) in [5, 5.41) is 5.04. The molecule has 2 aromatic carbocycles. The van der Waals surface area contributed by atoms with Crippen LogP contribution in [0.15, 0.2) is 53.3 Å². The number of aryl methyl sites for hydroxylation is 1. The number of fused-ring (bicyclic) bond motifs is 2. The van der Waals surface area contributed by atoms with Crippen molar-refractivity contribution in [2.75, 3.05) is 18.1 Å². The first-order valence-electron chi connectivity index (χ1n) is 9.65. The molecule has 0 spiro atoms. The van der Waals surface area contributed by atoms with E-state index in [0.717, 1.165) is 17.7 Å². The highest BCUT2D eigenvalue weighted by molar-refractivity contribution is 6.03. The number of ether oxygens (including phenoxy) is 1. The van der Waals surface area contributed by atoms with E-state index in [9.17, 15) is 14.4 Å². The zero-order valence-corrected chi connectivity index (χ0v) is 16.1. The zero-order chi connectivity index (χ0) is 20.4. The van der Waals surface area contributed by atoms with E-state index in [-0.39, 0.29) is 23.8 Å². The highest BCUT2D eigenvalue weighted by atomic mass is 16.5. The Morgan fingerprint density at radius 1 is 1.07 bits per heavy atom. The fourth-order valence-electron chi connectivity index (χ4n) is 3.62. The molecular weight excluding hydrogens is 370 g/mol. The summed E-state index contributed by atoms with van der Waals surface area (Å²) >= 11 is 0. The second-order valence-electron chi connectivity index (χ2n) is 6.92. The summed E-state index contributed by atoms with van der Waals surface area (Å²) in [6.07, 6.45) is 1.48. The SMILES string of the molecule is CCCn1nc(C(=O)OCC(=O)N2CCc3ccccc32)c2ccccc2c1=O. The quantitative estimate of drug-likeness (QED) is 0.625. The van der Waals surface area contributed by atoms with Gasteiger partial charge in [0.1, 0.15) is 0 Å². The van der Waals surface area contributed by atoms with Crippen LogP contribution in [0.2, 0.25) is 0 Å². The first-order chi connectivity index (χ1) is 14.1. The van der Waals surface area contributed by atoms with Gasteiger partial charge in [0, 0.05) is 24.2 Å². The molecule has 2 heterocycles. The van der Waals surface area contributed by atoms with E-state index in [1.54, 1.807) is 29.2 Å². The Balaban J connectivity index is 1.56. The Kier molecular flexibility index (Phi) is 5.12. The summed E-state index contributed by atoms with van der Waals surface area (Å²) < 4.78 is 6.57. The molecule has 1 aliphatic heterocycles. The van der Waals surface area contributed by atoms with Crippen molar-refractivity contribution in [1.82, 2.24) is 9.78 Å². The van der Waals surface area contributed by atoms with Gasteiger partial charge < -0.3 is 9.64 Å². The lowest BCUT2D eigenvalue weighted by Gasteiger charge is -2.17. The van der Waals surface area contributed by atoms with E-state index in [4.69, 9.17) is 4.74 Å². The highest BCUT2D eigenvalue weighted by Gasteiger charge is 2.26. The van der Waals surface area contributed by atoms with Gasteiger partial charge in [-0.2, -0.15) is 5.10 Å². The van der Waals surface area contributed by atoms with Crippen LogP contribution in [0.1, 0.15) is 29.4 Å². The predicted octanol–water partition coefficient (Wildman–Crippen LogP) is 2.55. The van der Waals surface area contributed by atoms with Gasteiger partial charge in [-0.15, -0.1) is 0 Å². The number of rotatable bonds is 5. The lowest BCUT2D eigenvalue weighted by atomic mass is 10.1. The molecule has 3 aromatic rings. The number of carbonyl (C=O) groups excluding carboxylic acids is 2. The number of benzene rings is 2. The Labute approximate surface area is 167 Å². The van der Waals surface area contributed by atoms with Crippen LogP contribution in [0.4, 0.5) is 5.69 Å². The van der Waals surface area contributed by atoms with Crippen LogP contribution in [-0.2, 0) is 22.5 Å². The molecule has 0 fully saturated rings. The van der Waals surface area contributed by atoms with Gasteiger partial charge in [0.15, 0.2) is 12.3 Å². The van der Waals surface area contributed by atoms with Crippen LogP contribution < -0.4 is 10.5 Å².